The molecule has 1 amide bonds. The Bertz CT molecular complexity index is 966. The summed E-state index contributed by atoms with van der Waals surface area (Å²) in [6, 6.07) is 16.5. The Labute approximate surface area is 170 Å². The maximum absolute atomic E-state index is 13.3. The number of amides is 1. The number of nitrogens with one attached hydrogen (secondary N) is 2. The van der Waals surface area contributed by atoms with Gasteiger partial charge in [0.15, 0.2) is 0 Å². The van der Waals surface area contributed by atoms with Crippen molar-refractivity contribution in [1.29, 1.82) is 0 Å². The van der Waals surface area contributed by atoms with Gasteiger partial charge < -0.3 is 5.32 Å². The number of alkyl halides is 3. The van der Waals surface area contributed by atoms with Crippen molar-refractivity contribution >= 4 is 23.2 Å². The molecule has 2 N–H and O–H groups in total. The van der Waals surface area contributed by atoms with Crippen LogP contribution in [0.25, 0.3) is 0 Å². The number of nitrogens with zero attached hydrogens (tertiary/aromatic N) is 1. The van der Waals surface area contributed by atoms with Crippen LogP contribution in [0, 0.1) is 0 Å². The molecule has 0 aliphatic rings. The highest BCUT2D eigenvalue weighted by Crippen LogP contribution is 2.36. The lowest BCUT2D eigenvalue weighted by molar-refractivity contribution is -0.137. The summed E-state index contributed by atoms with van der Waals surface area (Å²) >= 11 is 5.70. The largest absolute Gasteiger partial charge is 0.418 e. The van der Waals surface area contributed by atoms with E-state index in [0.29, 0.717) is 11.3 Å². The first-order valence-electron chi connectivity index (χ1n) is 8.70. The molecule has 8 heteroatoms. The molecule has 0 saturated carbocycles. The second-order valence-electron chi connectivity index (χ2n) is 6.22. The van der Waals surface area contributed by atoms with Crippen LogP contribution in [0.2, 0.25) is 5.02 Å². The summed E-state index contributed by atoms with van der Waals surface area (Å²) in [5, 5.41) is 5.37. The molecule has 0 saturated heterocycles. The lowest BCUT2D eigenvalue weighted by Crippen LogP contribution is -2.33. The SMILES string of the molecule is O=C(Nc1ccc(Cl)cc1C(F)(F)F)[C@H](NCc1ccccn1)c1ccccc1. The molecule has 0 fully saturated rings. The first-order chi connectivity index (χ1) is 13.8. The number of halogens is 4. The fourth-order valence-corrected chi connectivity index (χ4v) is 2.95. The first kappa shape index (κ1) is 20.8. The third-order valence-corrected chi connectivity index (χ3v) is 4.39. The van der Waals surface area contributed by atoms with Crippen LogP contribution in [0.3, 0.4) is 0 Å². The minimum Gasteiger partial charge on any atom is -0.324 e. The van der Waals surface area contributed by atoms with Gasteiger partial charge in [0.1, 0.15) is 6.04 Å². The Morgan fingerprint density at radius 3 is 2.41 bits per heavy atom. The van der Waals surface area contributed by atoms with E-state index in [2.05, 4.69) is 15.6 Å². The zero-order chi connectivity index (χ0) is 20.9. The van der Waals surface area contributed by atoms with Crippen LogP contribution in [0.4, 0.5) is 18.9 Å². The smallest absolute Gasteiger partial charge is 0.324 e. The summed E-state index contributed by atoms with van der Waals surface area (Å²) < 4.78 is 40.0. The van der Waals surface area contributed by atoms with Gasteiger partial charge in [-0.2, -0.15) is 13.2 Å². The average molecular weight is 420 g/mol. The van der Waals surface area contributed by atoms with Gasteiger partial charge in [-0.3, -0.25) is 15.1 Å². The highest BCUT2D eigenvalue weighted by Gasteiger charge is 2.35. The first-order valence-corrected chi connectivity index (χ1v) is 9.08. The second kappa shape index (κ2) is 9.07. The molecule has 3 aromatic rings. The molecule has 0 aliphatic heterocycles. The number of carbonyl (C=O) groups excluding carboxylic acids is 1. The van der Waals surface area contributed by atoms with Crippen LogP contribution >= 0.6 is 11.6 Å². The Kier molecular flexibility index (Phi) is 6.51. The fourth-order valence-electron chi connectivity index (χ4n) is 2.78. The highest BCUT2D eigenvalue weighted by atomic mass is 35.5. The van der Waals surface area contributed by atoms with E-state index in [0.717, 1.165) is 12.1 Å². The van der Waals surface area contributed by atoms with E-state index >= 15 is 0 Å². The lowest BCUT2D eigenvalue weighted by atomic mass is 10.1. The molecule has 2 aromatic carbocycles. The van der Waals surface area contributed by atoms with Crippen molar-refractivity contribution in [3.8, 4) is 0 Å². The van der Waals surface area contributed by atoms with Crippen molar-refractivity contribution in [2.75, 3.05) is 5.32 Å². The Balaban J connectivity index is 1.86. The van der Waals surface area contributed by atoms with Gasteiger partial charge >= 0.3 is 6.18 Å². The standard InChI is InChI=1S/C21H17ClF3N3O/c22-15-9-10-18(17(12-15)21(23,24)25)28-20(29)19(14-6-2-1-3-7-14)27-13-16-8-4-5-11-26-16/h1-12,19,27H,13H2,(H,28,29)/t19-/m1/s1. The minimum absolute atomic E-state index is 0.0665. The zero-order valence-electron chi connectivity index (χ0n) is 15.1. The zero-order valence-corrected chi connectivity index (χ0v) is 15.8. The summed E-state index contributed by atoms with van der Waals surface area (Å²) in [6.07, 6.45) is -3.03. The van der Waals surface area contributed by atoms with Gasteiger partial charge in [-0.1, -0.05) is 48.0 Å². The summed E-state index contributed by atoms with van der Waals surface area (Å²) in [7, 11) is 0. The van der Waals surface area contributed by atoms with E-state index in [1.54, 1.807) is 48.7 Å². The highest BCUT2D eigenvalue weighted by molar-refractivity contribution is 6.30. The third kappa shape index (κ3) is 5.56. The molecule has 1 aromatic heterocycles. The van der Waals surface area contributed by atoms with Crippen molar-refractivity contribution in [2.24, 2.45) is 0 Å². The molecule has 1 atom stereocenters. The number of benzene rings is 2. The third-order valence-electron chi connectivity index (χ3n) is 4.15. The van der Waals surface area contributed by atoms with Crippen molar-refractivity contribution in [3.05, 3.63) is 94.8 Å². The van der Waals surface area contributed by atoms with E-state index in [9.17, 15) is 18.0 Å². The van der Waals surface area contributed by atoms with Crippen LogP contribution in [0.5, 0.6) is 0 Å². The van der Waals surface area contributed by atoms with Gasteiger partial charge in [-0.15, -0.1) is 0 Å². The van der Waals surface area contributed by atoms with E-state index in [1.165, 1.54) is 6.07 Å². The lowest BCUT2D eigenvalue weighted by Gasteiger charge is -2.20. The number of hydrogen-bond acceptors (Lipinski definition) is 3. The molecule has 0 aliphatic carbocycles. The maximum Gasteiger partial charge on any atom is 0.418 e. The number of carbonyl (C=O) groups is 1. The minimum atomic E-state index is -4.66. The van der Waals surface area contributed by atoms with Crippen molar-refractivity contribution in [3.63, 3.8) is 0 Å². The molecular weight excluding hydrogens is 403 g/mol. The Morgan fingerprint density at radius 2 is 1.76 bits per heavy atom. The quantitative estimate of drug-likeness (QED) is 0.575. The summed E-state index contributed by atoms with van der Waals surface area (Å²) in [5.74, 6) is -0.625. The Hall–Kier alpha value is -2.90. The van der Waals surface area contributed by atoms with Crippen LogP contribution in [0.1, 0.15) is 22.9 Å². The van der Waals surface area contributed by atoms with E-state index in [4.69, 9.17) is 11.6 Å². The van der Waals surface area contributed by atoms with Crippen LogP contribution < -0.4 is 10.6 Å². The molecule has 1 heterocycles. The van der Waals surface area contributed by atoms with Crippen LogP contribution in [-0.2, 0) is 17.5 Å². The van der Waals surface area contributed by atoms with Crippen molar-refractivity contribution in [2.45, 2.75) is 18.8 Å². The molecule has 29 heavy (non-hydrogen) atoms. The average Bonchev–Trinajstić information content (AvgIpc) is 2.70. The number of rotatable bonds is 6. The van der Waals surface area contributed by atoms with Crippen molar-refractivity contribution in [1.82, 2.24) is 10.3 Å². The van der Waals surface area contributed by atoms with Crippen molar-refractivity contribution < 1.29 is 18.0 Å². The predicted octanol–water partition coefficient (Wildman–Crippen LogP) is 5.22. The normalized spacial score (nSPS) is 12.4. The molecule has 4 nitrogen and oxygen atoms in total. The molecule has 0 bridgehead atoms. The molecule has 150 valence electrons. The number of aromatic nitrogens is 1. The Morgan fingerprint density at radius 1 is 1.03 bits per heavy atom. The summed E-state index contributed by atoms with van der Waals surface area (Å²) in [6.45, 7) is 0.264. The molecule has 3 rings (SSSR count). The van der Waals surface area contributed by atoms with Gasteiger partial charge in [0.2, 0.25) is 5.91 Å². The van der Waals surface area contributed by atoms with E-state index in [-0.39, 0.29) is 17.3 Å². The molecular formula is C21H17ClF3N3O. The van der Waals surface area contributed by atoms with Gasteiger partial charge in [0.05, 0.1) is 16.9 Å². The predicted molar refractivity (Wildman–Crippen MR) is 105 cm³/mol. The van der Waals surface area contributed by atoms with Crippen LogP contribution in [0.15, 0.2) is 72.9 Å². The summed E-state index contributed by atoms with van der Waals surface area (Å²) in [4.78, 5) is 17.1. The fraction of sp³-hybridized carbons (Fsp3) is 0.143. The summed E-state index contributed by atoms with van der Waals surface area (Å²) in [5.41, 5.74) is -0.0467. The van der Waals surface area contributed by atoms with Gasteiger partial charge in [-0.05, 0) is 35.9 Å². The van der Waals surface area contributed by atoms with Crippen LogP contribution in [-0.4, -0.2) is 10.9 Å². The van der Waals surface area contributed by atoms with E-state index in [1.807, 2.05) is 6.07 Å². The topological polar surface area (TPSA) is 54.0 Å². The molecule has 0 radical (unpaired) electrons. The van der Waals surface area contributed by atoms with Gasteiger partial charge in [0.25, 0.3) is 0 Å². The molecule has 0 unspecified atom stereocenters. The van der Waals surface area contributed by atoms with E-state index < -0.39 is 23.7 Å². The van der Waals surface area contributed by atoms with Gasteiger partial charge in [0, 0.05) is 17.8 Å². The second-order valence-corrected chi connectivity index (χ2v) is 6.66. The monoisotopic (exact) mass is 419 g/mol. The number of hydrogen-bond donors (Lipinski definition) is 2. The van der Waals surface area contributed by atoms with Gasteiger partial charge in [-0.25, -0.2) is 0 Å². The number of pyridine rings is 1. The number of anilines is 1. The molecule has 0 spiro atoms. The maximum atomic E-state index is 13.3.